The number of hydrogen-bond acceptors (Lipinski definition) is 5. The quantitative estimate of drug-likeness (QED) is 0.754. The van der Waals surface area contributed by atoms with Crippen LogP contribution in [0.3, 0.4) is 0 Å². The maximum absolute atomic E-state index is 6.16. The van der Waals surface area contributed by atoms with Gasteiger partial charge in [-0.25, -0.2) is 0 Å². The smallest absolute Gasteiger partial charge is 0.244 e. The Morgan fingerprint density at radius 1 is 1.04 bits per heavy atom. The average Bonchev–Trinajstić information content (AvgIpc) is 2.80. The Balaban J connectivity index is 1.70. The van der Waals surface area contributed by atoms with Crippen molar-refractivity contribution < 1.29 is 0 Å². The van der Waals surface area contributed by atoms with Crippen LogP contribution >= 0.6 is 23.2 Å². The van der Waals surface area contributed by atoms with Gasteiger partial charge in [-0.15, -0.1) is 5.10 Å². The second kappa shape index (κ2) is 7.79. The van der Waals surface area contributed by atoms with E-state index in [2.05, 4.69) is 25.8 Å². The summed E-state index contributed by atoms with van der Waals surface area (Å²) in [4.78, 5) is 4.47. The van der Waals surface area contributed by atoms with E-state index in [9.17, 15) is 0 Å². The van der Waals surface area contributed by atoms with Gasteiger partial charge in [0.2, 0.25) is 5.95 Å². The van der Waals surface area contributed by atoms with Crippen LogP contribution in [-0.2, 0) is 0 Å². The van der Waals surface area contributed by atoms with E-state index in [0.29, 0.717) is 33.5 Å². The monoisotopic (exact) mass is 351 g/mol. The summed E-state index contributed by atoms with van der Waals surface area (Å²) < 4.78 is 0. The molecule has 0 unspecified atom stereocenters. The Bertz CT molecular complexity index is 657. The van der Waals surface area contributed by atoms with Gasteiger partial charge < -0.3 is 10.6 Å². The maximum atomic E-state index is 6.16. The summed E-state index contributed by atoms with van der Waals surface area (Å²) >= 11 is 12.2. The summed E-state index contributed by atoms with van der Waals surface area (Å²) in [6.45, 7) is 0. The molecule has 0 atom stereocenters. The highest BCUT2D eigenvalue weighted by atomic mass is 35.5. The number of rotatable bonds is 4. The van der Waals surface area contributed by atoms with Crippen LogP contribution in [-0.4, -0.2) is 21.2 Å². The lowest BCUT2D eigenvalue weighted by molar-refractivity contribution is 0.613. The Kier molecular flexibility index (Phi) is 5.51. The van der Waals surface area contributed by atoms with Gasteiger partial charge in [0.05, 0.1) is 16.9 Å². The Labute approximate surface area is 145 Å². The summed E-state index contributed by atoms with van der Waals surface area (Å²) in [6.07, 6.45) is 9.00. The minimum atomic E-state index is 0.421. The van der Waals surface area contributed by atoms with Gasteiger partial charge in [-0.05, 0) is 31.0 Å². The van der Waals surface area contributed by atoms with E-state index >= 15 is 0 Å². The second-order valence-corrected chi connectivity index (χ2v) is 6.59. The van der Waals surface area contributed by atoms with Gasteiger partial charge in [-0.1, -0.05) is 48.9 Å². The van der Waals surface area contributed by atoms with Crippen LogP contribution in [0.25, 0.3) is 0 Å². The predicted octanol–water partition coefficient (Wildman–Crippen LogP) is 5.06. The topological polar surface area (TPSA) is 62.7 Å². The molecule has 0 aliphatic heterocycles. The van der Waals surface area contributed by atoms with Crippen molar-refractivity contribution in [3.05, 3.63) is 34.4 Å². The number of nitrogens with one attached hydrogen (secondary N) is 2. The molecule has 7 heteroatoms. The van der Waals surface area contributed by atoms with E-state index in [0.717, 1.165) is 12.8 Å². The molecule has 0 saturated heterocycles. The van der Waals surface area contributed by atoms with Gasteiger partial charge in [-0.3, -0.25) is 0 Å². The third kappa shape index (κ3) is 4.69. The predicted molar refractivity (Wildman–Crippen MR) is 94.7 cm³/mol. The fraction of sp³-hybridized carbons (Fsp3) is 0.438. The molecule has 1 heterocycles. The number of benzene rings is 1. The second-order valence-electron chi connectivity index (χ2n) is 5.75. The van der Waals surface area contributed by atoms with Crippen LogP contribution in [0, 0.1) is 0 Å². The lowest BCUT2D eigenvalue weighted by Crippen LogP contribution is -2.20. The van der Waals surface area contributed by atoms with Gasteiger partial charge in [-0.2, -0.15) is 10.1 Å². The van der Waals surface area contributed by atoms with Crippen LogP contribution in [0.15, 0.2) is 24.4 Å². The lowest BCUT2D eigenvalue weighted by atomic mass is 10.1. The molecule has 5 nitrogen and oxygen atoms in total. The van der Waals surface area contributed by atoms with E-state index in [1.54, 1.807) is 24.4 Å². The van der Waals surface area contributed by atoms with Crippen molar-refractivity contribution in [1.29, 1.82) is 0 Å². The molecule has 2 N–H and O–H groups in total. The molecule has 0 radical (unpaired) electrons. The summed E-state index contributed by atoms with van der Waals surface area (Å²) in [5.41, 5.74) is 0.695. The molecule has 1 aliphatic rings. The SMILES string of the molecule is Clc1ccc(Cl)c(Nc2cnnc(NC3CCCCCC3)n2)c1. The van der Waals surface area contributed by atoms with Crippen LogP contribution in [0.2, 0.25) is 10.0 Å². The van der Waals surface area contributed by atoms with Gasteiger partial charge in [0, 0.05) is 11.1 Å². The van der Waals surface area contributed by atoms with Crippen molar-refractivity contribution in [2.45, 2.75) is 44.6 Å². The van der Waals surface area contributed by atoms with E-state index in [1.165, 1.54) is 25.7 Å². The first-order chi connectivity index (χ1) is 11.2. The summed E-state index contributed by atoms with van der Waals surface area (Å²) in [5.74, 6) is 1.13. The standard InChI is InChI=1S/C16H19Cl2N5/c17-11-7-8-13(18)14(9-11)21-15-10-19-23-16(22-15)20-12-5-3-1-2-4-6-12/h7-10,12H,1-6H2,(H2,20,21,22,23). The lowest BCUT2D eigenvalue weighted by Gasteiger charge is -2.16. The fourth-order valence-electron chi connectivity index (χ4n) is 2.76. The van der Waals surface area contributed by atoms with Crippen molar-refractivity contribution in [3.8, 4) is 0 Å². The normalized spacial score (nSPS) is 15.9. The van der Waals surface area contributed by atoms with Crippen molar-refractivity contribution >= 4 is 40.7 Å². The molecule has 0 amide bonds. The van der Waals surface area contributed by atoms with Gasteiger partial charge in [0.15, 0.2) is 5.82 Å². The molecule has 1 aliphatic carbocycles. The first kappa shape index (κ1) is 16.3. The zero-order chi connectivity index (χ0) is 16.1. The maximum Gasteiger partial charge on any atom is 0.244 e. The van der Waals surface area contributed by atoms with Crippen LogP contribution in [0.4, 0.5) is 17.5 Å². The van der Waals surface area contributed by atoms with Crippen molar-refractivity contribution in [2.75, 3.05) is 10.6 Å². The van der Waals surface area contributed by atoms with Crippen LogP contribution in [0.5, 0.6) is 0 Å². The Morgan fingerprint density at radius 2 is 1.83 bits per heavy atom. The molecule has 1 fully saturated rings. The van der Waals surface area contributed by atoms with E-state index in [-0.39, 0.29) is 0 Å². The molecule has 0 bridgehead atoms. The summed E-state index contributed by atoms with van der Waals surface area (Å²) in [5, 5.41) is 15.8. The molecule has 2 aromatic rings. The van der Waals surface area contributed by atoms with Gasteiger partial charge >= 0.3 is 0 Å². The molecule has 122 valence electrons. The fourth-order valence-corrected chi connectivity index (χ4v) is 3.10. The largest absolute Gasteiger partial charge is 0.350 e. The van der Waals surface area contributed by atoms with Crippen molar-refractivity contribution in [2.24, 2.45) is 0 Å². The minimum absolute atomic E-state index is 0.421. The zero-order valence-corrected chi connectivity index (χ0v) is 14.2. The molecule has 1 aromatic heterocycles. The molecule has 1 saturated carbocycles. The molecular weight excluding hydrogens is 333 g/mol. The highest BCUT2D eigenvalue weighted by Crippen LogP contribution is 2.28. The first-order valence-corrected chi connectivity index (χ1v) is 8.64. The zero-order valence-electron chi connectivity index (χ0n) is 12.7. The van der Waals surface area contributed by atoms with Crippen LogP contribution in [0.1, 0.15) is 38.5 Å². The van der Waals surface area contributed by atoms with Gasteiger partial charge in [0.25, 0.3) is 0 Å². The van der Waals surface area contributed by atoms with Crippen molar-refractivity contribution in [1.82, 2.24) is 15.2 Å². The third-order valence-electron chi connectivity index (χ3n) is 3.94. The average molecular weight is 352 g/mol. The molecule has 1 aromatic carbocycles. The summed E-state index contributed by atoms with van der Waals surface area (Å²) in [6, 6.07) is 5.66. The van der Waals surface area contributed by atoms with Gasteiger partial charge in [0.1, 0.15) is 0 Å². The van der Waals surface area contributed by atoms with Crippen LogP contribution < -0.4 is 10.6 Å². The highest BCUT2D eigenvalue weighted by molar-refractivity contribution is 6.35. The molecule has 3 rings (SSSR count). The molecular formula is C16H19Cl2N5. The Hall–Kier alpha value is -1.59. The minimum Gasteiger partial charge on any atom is -0.350 e. The third-order valence-corrected chi connectivity index (χ3v) is 4.50. The van der Waals surface area contributed by atoms with E-state index in [1.807, 2.05) is 0 Å². The van der Waals surface area contributed by atoms with E-state index in [4.69, 9.17) is 23.2 Å². The summed E-state index contributed by atoms with van der Waals surface area (Å²) in [7, 11) is 0. The number of hydrogen-bond donors (Lipinski definition) is 2. The number of halogens is 2. The molecule has 23 heavy (non-hydrogen) atoms. The highest BCUT2D eigenvalue weighted by Gasteiger charge is 2.13. The number of aromatic nitrogens is 3. The molecule has 0 spiro atoms. The number of nitrogens with zero attached hydrogens (tertiary/aromatic N) is 3. The van der Waals surface area contributed by atoms with E-state index < -0.39 is 0 Å². The number of anilines is 3. The Morgan fingerprint density at radius 3 is 2.61 bits per heavy atom. The van der Waals surface area contributed by atoms with Crippen molar-refractivity contribution in [3.63, 3.8) is 0 Å². The first-order valence-electron chi connectivity index (χ1n) is 7.89.